The second-order valence-corrected chi connectivity index (χ2v) is 3.63. The molecule has 0 aliphatic carbocycles. The molecule has 0 fully saturated rings. The van der Waals surface area contributed by atoms with E-state index in [4.69, 9.17) is 0 Å². The van der Waals surface area contributed by atoms with Crippen molar-refractivity contribution in [1.82, 2.24) is 0 Å². The van der Waals surface area contributed by atoms with Gasteiger partial charge in [0.25, 0.3) is 0 Å². The Morgan fingerprint density at radius 2 is 1.45 bits per heavy atom. The van der Waals surface area contributed by atoms with Crippen LogP contribution < -0.4 is 0 Å². The van der Waals surface area contributed by atoms with E-state index in [2.05, 4.69) is 0 Å². The molecule has 1 aromatic carbocycles. The molecule has 0 unspecified atom stereocenters. The van der Waals surface area contributed by atoms with Crippen molar-refractivity contribution in [2.45, 2.75) is 18.7 Å². The van der Waals surface area contributed by atoms with Crippen LogP contribution >= 0.6 is 0 Å². The molecule has 0 atom stereocenters. The van der Waals surface area contributed by atoms with Crippen LogP contribution in [0.4, 0.5) is 0 Å². The Labute approximate surface area is 67.8 Å². The van der Waals surface area contributed by atoms with Gasteiger partial charge in [-0.05, 0) is 37.1 Å². The summed E-state index contributed by atoms with van der Waals surface area (Å²) in [5.74, 6) is 0. The molecule has 0 N–H and O–H groups in total. The minimum absolute atomic E-state index is 0.400. The molecule has 11 heavy (non-hydrogen) atoms. The topological polar surface area (TPSA) is 34.1 Å². The predicted molar refractivity (Wildman–Crippen MR) is 44.5 cm³/mol. The third-order valence-corrected chi connectivity index (χ3v) is 2.10. The molecule has 0 aromatic heterocycles. The summed E-state index contributed by atoms with van der Waals surface area (Å²) < 4.78 is 21.1. The largest absolute Gasteiger partial charge is 0.227 e. The second-order valence-electron chi connectivity index (χ2n) is 2.60. The van der Waals surface area contributed by atoms with Crippen LogP contribution in [0.25, 0.3) is 0 Å². The van der Waals surface area contributed by atoms with Gasteiger partial charge in [-0.1, -0.05) is 6.07 Å². The second kappa shape index (κ2) is 3.05. The minimum atomic E-state index is -2.43. The van der Waals surface area contributed by atoms with Gasteiger partial charge in [-0.3, -0.25) is 0 Å². The Morgan fingerprint density at radius 1 is 1.00 bits per heavy atom. The molecule has 3 heteroatoms. The van der Waals surface area contributed by atoms with E-state index in [-0.39, 0.29) is 0 Å². The maximum atomic E-state index is 10.5. The van der Waals surface area contributed by atoms with Crippen LogP contribution in [0.3, 0.4) is 0 Å². The van der Waals surface area contributed by atoms with Crippen LogP contribution in [-0.4, -0.2) is 8.42 Å². The third kappa shape index (κ3) is 2.05. The molecule has 60 valence electrons. The highest BCUT2D eigenvalue weighted by molar-refractivity contribution is 7.72. The van der Waals surface area contributed by atoms with E-state index in [1.807, 2.05) is 19.9 Å². The van der Waals surface area contributed by atoms with E-state index in [9.17, 15) is 8.42 Å². The van der Waals surface area contributed by atoms with Crippen LogP contribution in [0.5, 0.6) is 0 Å². The van der Waals surface area contributed by atoms with Gasteiger partial charge in [-0.15, -0.1) is 0 Å². The summed E-state index contributed by atoms with van der Waals surface area (Å²) in [4.78, 5) is 0.400. The van der Waals surface area contributed by atoms with E-state index in [0.29, 0.717) is 4.90 Å². The first-order chi connectivity index (χ1) is 5.09. The number of thiol groups is 1. The number of benzene rings is 1. The van der Waals surface area contributed by atoms with Crippen LogP contribution in [-0.2, 0) is 10.7 Å². The average Bonchev–Trinajstić information content (AvgIpc) is 1.85. The maximum absolute atomic E-state index is 10.5. The van der Waals surface area contributed by atoms with Crippen molar-refractivity contribution in [3.05, 3.63) is 29.3 Å². The van der Waals surface area contributed by atoms with Gasteiger partial charge in [0.1, 0.15) is 0 Å². The molecule has 0 aliphatic heterocycles. The van der Waals surface area contributed by atoms with Crippen molar-refractivity contribution in [1.29, 1.82) is 0 Å². The highest BCUT2D eigenvalue weighted by Crippen LogP contribution is 2.09. The van der Waals surface area contributed by atoms with Gasteiger partial charge < -0.3 is 0 Å². The molecular weight excluding hydrogens is 160 g/mol. The average molecular weight is 170 g/mol. The molecule has 0 amide bonds. The lowest BCUT2D eigenvalue weighted by Crippen LogP contribution is -1.83. The fourth-order valence-corrected chi connectivity index (χ4v) is 1.67. The van der Waals surface area contributed by atoms with Gasteiger partial charge in [-0.25, -0.2) is 8.42 Å². The molecule has 0 spiro atoms. The lowest BCUT2D eigenvalue weighted by molar-refractivity contribution is 0.614. The van der Waals surface area contributed by atoms with Crippen LogP contribution in [0.2, 0.25) is 0 Å². The van der Waals surface area contributed by atoms with Crippen molar-refractivity contribution in [3.63, 3.8) is 0 Å². The molecule has 0 heterocycles. The molecule has 0 aliphatic rings. The monoisotopic (exact) mass is 170 g/mol. The third-order valence-electron chi connectivity index (χ3n) is 1.42. The standard InChI is InChI=1S/C8H10O2S/c1-6-3-7(2)5-8(4-6)11(9)10/h3-5,11H,1-2H3. The summed E-state index contributed by atoms with van der Waals surface area (Å²) in [6, 6.07) is 5.28. The van der Waals surface area contributed by atoms with E-state index in [0.717, 1.165) is 11.1 Å². The molecule has 0 saturated carbocycles. The SMILES string of the molecule is Cc1cc(C)cc([SH](=O)=O)c1. The van der Waals surface area contributed by atoms with Gasteiger partial charge in [0.2, 0.25) is 0 Å². The zero-order chi connectivity index (χ0) is 8.43. The number of hydrogen-bond donors (Lipinski definition) is 1. The summed E-state index contributed by atoms with van der Waals surface area (Å²) >= 11 is 0. The smallest absolute Gasteiger partial charge is 0.168 e. The Hall–Kier alpha value is -0.830. The van der Waals surface area contributed by atoms with Crippen molar-refractivity contribution in [2.75, 3.05) is 0 Å². The summed E-state index contributed by atoms with van der Waals surface area (Å²) in [7, 11) is -2.43. The van der Waals surface area contributed by atoms with E-state index >= 15 is 0 Å². The molecule has 0 radical (unpaired) electrons. The Morgan fingerprint density at radius 3 is 1.82 bits per heavy atom. The fraction of sp³-hybridized carbons (Fsp3) is 0.250. The fourth-order valence-electron chi connectivity index (χ4n) is 1.06. The molecule has 1 rings (SSSR count). The summed E-state index contributed by atoms with van der Waals surface area (Å²) in [5, 5.41) is 0. The molecule has 0 saturated heterocycles. The van der Waals surface area contributed by atoms with Gasteiger partial charge in [-0.2, -0.15) is 0 Å². The minimum Gasteiger partial charge on any atom is -0.227 e. The van der Waals surface area contributed by atoms with Gasteiger partial charge in [0.15, 0.2) is 10.7 Å². The van der Waals surface area contributed by atoms with E-state index in [1.165, 1.54) is 0 Å². The zero-order valence-corrected chi connectivity index (χ0v) is 7.39. The van der Waals surface area contributed by atoms with Gasteiger partial charge in [0, 0.05) is 0 Å². The lowest BCUT2D eigenvalue weighted by Gasteiger charge is -1.96. The molecular formula is C8H10O2S. The molecule has 0 bridgehead atoms. The Kier molecular flexibility index (Phi) is 2.29. The first kappa shape index (κ1) is 8.27. The van der Waals surface area contributed by atoms with Gasteiger partial charge >= 0.3 is 0 Å². The Bertz CT molecular complexity index is 312. The maximum Gasteiger partial charge on any atom is 0.168 e. The number of rotatable bonds is 1. The summed E-state index contributed by atoms with van der Waals surface area (Å²) in [5.41, 5.74) is 1.97. The first-order valence-corrected chi connectivity index (χ1v) is 4.50. The van der Waals surface area contributed by atoms with Gasteiger partial charge in [0.05, 0.1) is 4.90 Å². The number of hydrogen-bond acceptors (Lipinski definition) is 2. The van der Waals surface area contributed by atoms with E-state index < -0.39 is 10.7 Å². The van der Waals surface area contributed by atoms with E-state index in [1.54, 1.807) is 12.1 Å². The highest BCUT2D eigenvalue weighted by Gasteiger charge is 1.95. The number of aryl methyl sites for hydroxylation is 2. The predicted octanol–water partition coefficient (Wildman–Crippen LogP) is 1.27. The molecule has 1 aromatic rings. The normalized spacial score (nSPS) is 10.5. The van der Waals surface area contributed by atoms with Crippen molar-refractivity contribution in [3.8, 4) is 0 Å². The first-order valence-electron chi connectivity index (χ1n) is 3.32. The van der Waals surface area contributed by atoms with Crippen LogP contribution in [0.1, 0.15) is 11.1 Å². The van der Waals surface area contributed by atoms with Crippen molar-refractivity contribution < 1.29 is 8.42 Å². The van der Waals surface area contributed by atoms with Crippen molar-refractivity contribution in [2.24, 2.45) is 0 Å². The van der Waals surface area contributed by atoms with Crippen molar-refractivity contribution >= 4 is 10.7 Å². The van der Waals surface area contributed by atoms with Crippen LogP contribution in [0.15, 0.2) is 23.1 Å². The van der Waals surface area contributed by atoms with Crippen LogP contribution in [0, 0.1) is 13.8 Å². The zero-order valence-electron chi connectivity index (χ0n) is 6.50. The highest BCUT2D eigenvalue weighted by atomic mass is 32.2. The lowest BCUT2D eigenvalue weighted by atomic mass is 10.2. The quantitative estimate of drug-likeness (QED) is 0.644. The summed E-state index contributed by atoms with van der Waals surface area (Å²) in [6.45, 7) is 3.77. The summed E-state index contributed by atoms with van der Waals surface area (Å²) in [6.07, 6.45) is 0. The molecule has 2 nitrogen and oxygen atoms in total. The Balaban J connectivity index is 3.29.